The zero-order valence-corrected chi connectivity index (χ0v) is 11.0. The van der Waals surface area contributed by atoms with Gasteiger partial charge in [0, 0.05) is 30.9 Å². The molecule has 0 aliphatic carbocycles. The molecule has 1 saturated heterocycles. The van der Waals surface area contributed by atoms with E-state index in [1.54, 1.807) is 6.20 Å². The first-order chi connectivity index (χ1) is 8.28. The van der Waals surface area contributed by atoms with Crippen molar-refractivity contribution in [2.45, 2.75) is 32.4 Å². The maximum atomic E-state index is 5.96. The van der Waals surface area contributed by atoms with Crippen molar-refractivity contribution < 1.29 is 4.74 Å². The van der Waals surface area contributed by atoms with Gasteiger partial charge in [0.2, 0.25) is 0 Å². The molecule has 1 aliphatic heterocycles. The largest absolute Gasteiger partial charge is 0.377 e. The second-order valence-electron chi connectivity index (χ2n) is 4.42. The van der Waals surface area contributed by atoms with E-state index in [-0.39, 0.29) is 0 Å². The summed E-state index contributed by atoms with van der Waals surface area (Å²) in [5.74, 6) is 0. The van der Waals surface area contributed by atoms with Gasteiger partial charge in [-0.1, -0.05) is 11.6 Å². The van der Waals surface area contributed by atoms with Crippen LogP contribution < -0.4 is 0 Å². The number of aromatic nitrogens is 1. The Labute approximate surface area is 108 Å². The Morgan fingerprint density at radius 2 is 2.47 bits per heavy atom. The lowest BCUT2D eigenvalue weighted by Crippen LogP contribution is -2.39. The second-order valence-corrected chi connectivity index (χ2v) is 4.86. The van der Waals surface area contributed by atoms with E-state index in [2.05, 4.69) is 16.8 Å². The normalized spacial score (nSPS) is 21.6. The quantitative estimate of drug-likeness (QED) is 0.826. The van der Waals surface area contributed by atoms with E-state index in [1.165, 1.54) is 12.8 Å². The topological polar surface area (TPSA) is 25.4 Å². The Balaban J connectivity index is 1.90. The van der Waals surface area contributed by atoms with E-state index in [4.69, 9.17) is 16.3 Å². The summed E-state index contributed by atoms with van der Waals surface area (Å²) >= 11 is 5.96. The van der Waals surface area contributed by atoms with Crippen molar-refractivity contribution in [3.05, 3.63) is 29.0 Å². The maximum absolute atomic E-state index is 5.96. The van der Waals surface area contributed by atoms with Crippen LogP contribution in [0.1, 0.15) is 25.5 Å². The van der Waals surface area contributed by atoms with Gasteiger partial charge in [-0.15, -0.1) is 0 Å². The van der Waals surface area contributed by atoms with Gasteiger partial charge in [0.25, 0.3) is 0 Å². The highest BCUT2D eigenvalue weighted by molar-refractivity contribution is 6.30. The number of rotatable bonds is 4. The summed E-state index contributed by atoms with van der Waals surface area (Å²) < 4.78 is 5.69. The molecule has 94 valence electrons. The fourth-order valence-corrected chi connectivity index (χ4v) is 2.48. The fraction of sp³-hybridized carbons (Fsp3) is 0.615. The third kappa shape index (κ3) is 3.95. The van der Waals surface area contributed by atoms with Gasteiger partial charge in [0.1, 0.15) is 0 Å². The van der Waals surface area contributed by atoms with Crippen molar-refractivity contribution in [3.8, 4) is 0 Å². The molecule has 0 aromatic carbocycles. The molecule has 2 heterocycles. The predicted octanol–water partition coefficient (Wildman–Crippen LogP) is 2.74. The van der Waals surface area contributed by atoms with Crippen LogP contribution in [-0.2, 0) is 11.3 Å². The van der Waals surface area contributed by atoms with E-state index in [0.717, 1.165) is 37.0 Å². The first-order valence-corrected chi connectivity index (χ1v) is 6.60. The van der Waals surface area contributed by atoms with Gasteiger partial charge < -0.3 is 4.74 Å². The lowest BCUT2D eigenvalue weighted by atomic mass is 10.1. The Bertz CT molecular complexity index is 357. The van der Waals surface area contributed by atoms with Crippen LogP contribution in [0.15, 0.2) is 18.3 Å². The van der Waals surface area contributed by atoms with E-state index >= 15 is 0 Å². The van der Waals surface area contributed by atoms with Crippen LogP contribution in [0.3, 0.4) is 0 Å². The number of likely N-dealkylation sites (tertiary alicyclic amines) is 1. The van der Waals surface area contributed by atoms with E-state index in [9.17, 15) is 0 Å². The molecule has 0 radical (unpaired) electrons. The minimum absolute atomic E-state index is 0.382. The molecular formula is C13H19ClN2O. The molecule has 0 N–H and O–H groups in total. The maximum Gasteiger partial charge on any atom is 0.0702 e. The Morgan fingerprint density at radius 1 is 1.59 bits per heavy atom. The van der Waals surface area contributed by atoms with Gasteiger partial charge in [-0.3, -0.25) is 9.88 Å². The summed E-state index contributed by atoms with van der Waals surface area (Å²) in [6, 6.07) is 3.75. The molecule has 1 aromatic heterocycles. The Morgan fingerprint density at radius 3 is 3.24 bits per heavy atom. The van der Waals surface area contributed by atoms with E-state index in [1.807, 2.05) is 12.1 Å². The molecule has 17 heavy (non-hydrogen) atoms. The minimum atomic E-state index is 0.382. The summed E-state index contributed by atoms with van der Waals surface area (Å²) in [4.78, 5) is 6.73. The van der Waals surface area contributed by atoms with E-state index in [0.29, 0.717) is 6.10 Å². The standard InChI is InChI=1S/C13H19ClN2O/c1-2-17-13-4-3-7-16(10-13)9-12-8-11(14)5-6-15-12/h5-6,8,13H,2-4,7,9-10H2,1H3. The second kappa shape index (κ2) is 6.34. The lowest BCUT2D eigenvalue weighted by molar-refractivity contribution is 0.00332. The van der Waals surface area contributed by atoms with Gasteiger partial charge in [-0.2, -0.15) is 0 Å². The Kier molecular flexibility index (Phi) is 4.77. The SMILES string of the molecule is CCOC1CCCN(Cc2cc(Cl)ccn2)C1. The molecule has 4 heteroatoms. The van der Waals surface area contributed by atoms with Crippen LogP contribution in [0.4, 0.5) is 0 Å². The van der Waals surface area contributed by atoms with Crippen LogP contribution >= 0.6 is 11.6 Å². The minimum Gasteiger partial charge on any atom is -0.377 e. The molecule has 1 aliphatic rings. The highest BCUT2D eigenvalue weighted by Crippen LogP contribution is 2.16. The summed E-state index contributed by atoms with van der Waals surface area (Å²) in [5.41, 5.74) is 1.04. The first kappa shape index (κ1) is 12.8. The van der Waals surface area contributed by atoms with Crippen molar-refractivity contribution in [1.29, 1.82) is 0 Å². The van der Waals surface area contributed by atoms with Gasteiger partial charge >= 0.3 is 0 Å². The van der Waals surface area contributed by atoms with Crippen molar-refractivity contribution in [2.24, 2.45) is 0 Å². The first-order valence-electron chi connectivity index (χ1n) is 6.22. The van der Waals surface area contributed by atoms with Gasteiger partial charge in [0.05, 0.1) is 11.8 Å². The molecule has 1 aromatic rings. The lowest BCUT2D eigenvalue weighted by Gasteiger charge is -2.32. The van der Waals surface area contributed by atoms with Crippen LogP contribution in [0.25, 0.3) is 0 Å². The summed E-state index contributed by atoms with van der Waals surface area (Å²) in [6.07, 6.45) is 4.52. The molecule has 0 spiro atoms. The van der Waals surface area contributed by atoms with Crippen LogP contribution in [0.2, 0.25) is 5.02 Å². The molecule has 0 saturated carbocycles. The van der Waals surface area contributed by atoms with Crippen LogP contribution in [0, 0.1) is 0 Å². The molecule has 1 atom stereocenters. The highest BCUT2D eigenvalue weighted by Gasteiger charge is 2.20. The third-order valence-electron chi connectivity index (χ3n) is 3.03. The molecule has 1 fully saturated rings. The zero-order valence-electron chi connectivity index (χ0n) is 10.2. The smallest absolute Gasteiger partial charge is 0.0702 e. The number of hydrogen-bond acceptors (Lipinski definition) is 3. The Hall–Kier alpha value is -0.640. The van der Waals surface area contributed by atoms with Crippen molar-refractivity contribution in [1.82, 2.24) is 9.88 Å². The monoisotopic (exact) mass is 254 g/mol. The summed E-state index contributed by atoms with van der Waals surface area (Å²) in [6.45, 7) is 5.84. The number of pyridine rings is 1. The van der Waals surface area contributed by atoms with Crippen LogP contribution in [0.5, 0.6) is 0 Å². The van der Waals surface area contributed by atoms with Gasteiger partial charge in [0.15, 0.2) is 0 Å². The highest BCUT2D eigenvalue weighted by atomic mass is 35.5. The van der Waals surface area contributed by atoms with Crippen LogP contribution in [-0.4, -0.2) is 35.7 Å². The third-order valence-corrected chi connectivity index (χ3v) is 3.26. The zero-order chi connectivity index (χ0) is 12.1. The molecule has 0 amide bonds. The van der Waals surface area contributed by atoms with E-state index < -0.39 is 0 Å². The average molecular weight is 255 g/mol. The summed E-state index contributed by atoms with van der Waals surface area (Å²) in [7, 11) is 0. The predicted molar refractivity (Wildman–Crippen MR) is 69.2 cm³/mol. The molecule has 1 unspecified atom stereocenters. The molecule has 2 rings (SSSR count). The van der Waals surface area contributed by atoms with Crippen molar-refractivity contribution >= 4 is 11.6 Å². The van der Waals surface area contributed by atoms with Gasteiger partial charge in [-0.05, 0) is 38.4 Å². The molecular weight excluding hydrogens is 236 g/mol. The van der Waals surface area contributed by atoms with Gasteiger partial charge in [-0.25, -0.2) is 0 Å². The number of nitrogens with zero attached hydrogens (tertiary/aromatic N) is 2. The average Bonchev–Trinajstić information content (AvgIpc) is 2.30. The number of piperidine rings is 1. The molecule has 3 nitrogen and oxygen atoms in total. The van der Waals surface area contributed by atoms with Crippen molar-refractivity contribution in [3.63, 3.8) is 0 Å². The summed E-state index contributed by atoms with van der Waals surface area (Å²) in [5, 5.41) is 0.758. The fourth-order valence-electron chi connectivity index (χ4n) is 2.29. The number of hydrogen-bond donors (Lipinski definition) is 0. The number of ether oxygens (including phenoxy) is 1. The number of halogens is 1. The molecule has 0 bridgehead atoms. The van der Waals surface area contributed by atoms with Crippen molar-refractivity contribution in [2.75, 3.05) is 19.7 Å².